The van der Waals surface area contributed by atoms with Crippen LogP contribution in [0.15, 0.2) is 21.6 Å². The molecule has 2 aliphatic rings. The number of hydrogen-bond donors (Lipinski definition) is 1. The van der Waals surface area contributed by atoms with Gasteiger partial charge in [0.2, 0.25) is 5.91 Å². The van der Waals surface area contributed by atoms with Crippen LogP contribution in [-0.4, -0.2) is 73.7 Å². The predicted octanol–water partition coefficient (Wildman–Crippen LogP) is 3.76. The molecule has 2 saturated heterocycles. The average molecular weight is 607 g/mol. The highest BCUT2D eigenvalue weighted by molar-refractivity contribution is 9.10. The van der Waals surface area contributed by atoms with Crippen molar-refractivity contribution in [3.8, 4) is 11.5 Å². The van der Waals surface area contributed by atoms with Crippen molar-refractivity contribution in [2.75, 3.05) is 36.2 Å². The summed E-state index contributed by atoms with van der Waals surface area (Å²) >= 11 is 4.85. The zero-order valence-corrected chi connectivity index (χ0v) is 24.2. The SMILES string of the molecule is CCOc1cc(Br)c(N2C(=NC(=O)CCNC(=O)OC(C)(C)C)SC3CS(=O)(=O)CC32)cc1OCC. The van der Waals surface area contributed by atoms with Crippen molar-refractivity contribution in [1.29, 1.82) is 0 Å². The summed E-state index contributed by atoms with van der Waals surface area (Å²) in [5, 5.41) is 2.71. The minimum absolute atomic E-state index is 0.0131. The molecular weight excluding hydrogens is 574 g/mol. The molecule has 0 aliphatic carbocycles. The average Bonchev–Trinajstić information content (AvgIpc) is 3.19. The number of benzene rings is 1. The highest BCUT2D eigenvalue weighted by Crippen LogP contribution is 2.46. The molecule has 2 amide bonds. The second-order valence-electron chi connectivity index (χ2n) is 9.25. The Bertz CT molecular complexity index is 1140. The number of rotatable bonds is 8. The lowest BCUT2D eigenvalue weighted by Gasteiger charge is -2.27. The molecule has 2 fully saturated rings. The number of nitrogens with one attached hydrogen (secondary N) is 1. The Balaban J connectivity index is 1.86. The van der Waals surface area contributed by atoms with E-state index in [9.17, 15) is 18.0 Å². The lowest BCUT2D eigenvalue weighted by Crippen LogP contribution is -2.38. The quantitative estimate of drug-likeness (QED) is 0.471. The molecule has 0 saturated carbocycles. The van der Waals surface area contributed by atoms with Crippen LogP contribution in [0.25, 0.3) is 0 Å². The lowest BCUT2D eigenvalue weighted by atomic mass is 10.2. The Morgan fingerprint density at radius 3 is 2.42 bits per heavy atom. The van der Waals surface area contributed by atoms with E-state index in [0.29, 0.717) is 40.0 Å². The number of amides is 2. The van der Waals surface area contributed by atoms with E-state index in [2.05, 4.69) is 26.2 Å². The molecule has 0 aromatic heterocycles. The number of thioether (sulfide) groups is 1. The molecule has 1 N–H and O–H groups in total. The first kappa shape index (κ1) is 28.6. The Labute approximate surface area is 224 Å². The van der Waals surface area contributed by atoms with Crippen LogP contribution < -0.4 is 19.7 Å². The second-order valence-corrected chi connectivity index (χ2v) is 13.5. The van der Waals surface area contributed by atoms with Gasteiger partial charge in [0.25, 0.3) is 0 Å². The van der Waals surface area contributed by atoms with Gasteiger partial charge in [0.1, 0.15) is 5.60 Å². The van der Waals surface area contributed by atoms with Crippen molar-refractivity contribution >= 4 is 60.4 Å². The number of halogens is 1. The summed E-state index contributed by atoms with van der Waals surface area (Å²) in [5.41, 5.74) is -0.00349. The van der Waals surface area contributed by atoms with Gasteiger partial charge in [-0.15, -0.1) is 0 Å². The molecule has 0 spiro atoms. The van der Waals surface area contributed by atoms with Crippen molar-refractivity contribution in [2.24, 2.45) is 4.99 Å². The monoisotopic (exact) mass is 605 g/mol. The number of carbonyl (C=O) groups is 2. The van der Waals surface area contributed by atoms with Crippen LogP contribution in [0.3, 0.4) is 0 Å². The van der Waals surface area contributed by atoms with E-state index in [4.69, 9.17) is 14.2 Å². The van der Waals surface area contributed by atoms with E-state index in [1.807, 2.05) is 13.8 Å². The molecule has 2 heterocycles. The number of amidine groups is 1. The van der Waals surface area contributed by atoms with E-state index < -0.39 is 27.4 Å². The maximum atomic E-state index is 12.7. The van der Waals surface area contributed by atoms with Crippen molar-refractivity contribution in [1.82, 2.24) is 5.32 Å². The number of anilines is 1. The van der Waals surface area contributed by atoms with E-state index in [-0.39, 0.29) is 35.8 Å². The Kier molecular flexibility index (Phi) is 9.20. The fourth-order valence-electron chi connectivity index (χ4n) is 3.84. The number of aliphatic imine (C=N–C) groups is 1. The van der Waals surface area contributed by atoms with E-state index in [0.717, 1.165) is 0 Å². The van der Waals surface area contributed by atoms with Gasteiger partial charge in [-0.3, -0.25) is 4.79 Å². The maximum Gasteiger partial charge on any atom is 0.407 e. The lowest BCUT2D eigenvalue weighted by molar-refractivity contribution is -0.117. The summed E-state index contributed by atoms with van der Waals surface area (Å²) in [6.07, 6.45) is -0.638. The Hall–Kier alpha value is -1.99. The topological polar surface area (TPSA) is 124 Å². The van der Waals surface area contributed by atoms with Crippen LogP contribution in [-0.2, 0) is 19.4 Å². The third-order valence-electron chi connectivity index (χ3n) is 5.17. The predicted molar refractivity (Wildman–Crippen MR) is 144 cm³/mol. The zero-order chi connectivity index (χ0) is 26.7. The third kappa shape index (κ3) is 7.28. The van der Waals surface area contributed by atoms with Gasteiger partial charge in [0.05, 0.1) is 36.4 Å². The van der Waals surface area contributed by atoms with Gasteiger partial charge in [-0.2, -0.15) is 4.99 Å². The maximum absolute atomic E-state index is 12.7. The van der Waals surface area contributed by atoms with E-state index in [1.54, 1.807) is 37.8 Å². The molecule has 36 heavy (non-hydrogen) atoms. The molecular formula is C23H32BrN3O7S2. The van der Waals surface area contributed by atoms with Crippen molar-refractivity contribution in [3.05, 3.63) is 16.6 Å². The number of sulfone groups is 1. The molecule has 2 aliphatic heterocycles. The zero-order valence-electron chi connectivity index (χ0n) is 21.0. The van der Waals surface area contributed by atoms with Crippen molar-refractivity contribution < 1.29 is 32.2 Å². The van der Waals surface area contributed by atoms with Gasteiger partial charge in [0.15, 0.2) is 26.5 Å². The van der Waals surface area contributed by atoms with Crippen LogP contribution in [0.1, 0.15) is 41.0 Å². The highest BCUT2D eigenvalue weighted by atomic mass is 79.9. The van der Waals surface area contributed by atoms with Crippen molar-refractivity contribution in [3.63, 3.8) is 0 Å². The molecule has 2 atom stereocenters. The van der Waals surface area contributed by atoms with Crippen LogP contribution in [0.4, 0.5) is 10.5 Å². The summed E-state index contributed by atoms with van der Waals surface area (Å²) < 4.78 is 42.1. The molecule has 0 bridgehead atoms. The van der Waals surface area contributed by atoms with E-state index in [1.165, 1.54) is 11.8 Å². The first-order valence-electron chi connectivity index (χ1n) is 11.7. The number of fused-ring (bicyclic) bond motifs is 1. The van der Waals surface area contributed by atoms with Crippen LogP contribution in [0.2, 0.25) is 0 Å². The minimum atomic E-state index is -3.22. The minimum Gasteiger partial charge on any atom is -0.490 e. The number of hydrogen-bond acceptors (Lipinski definition) is 8. The first-order chi connectivity index (χ1) is 16.8. The summed E-state index contributed by atoms with van der Waals surface area (Å²) in [4.78, 5) is 30.6. The standard InChI is InChI=1S/C23H32BrN3O7S2/c1-6-32-17-10-14(24)15(11-18(17)33-7-2)27-16-12-36(30,31)13-19(16)35-21(27)26-20(28)8-9-25-22(29)34-23(3,4)5/h10-11,16,19H,6-9,12-13H2,1-5H3,(H,25,29). The molecule has 3 rings (SSSR count). The molecule has 13 heteroatoms. The summed E-state index contributed by atoms with van der Waals surface area (Å²) in [6, 6.07) is 3.17. The van der Waals surface area contributed by atoms with E-state index >= 15 is 0 Å². The summed E-state index contributed by atoms with van der Waals surface area (Å²) in [5.74, 6) is 0.605. The number of alkyl carbamates (subject to hydrolysis) is 1. The van der Waals surface area contributed by atoms with Crippen LogP contribution in [0.5, 0.6) is 11.5 Å². The molecule has 1 aromatic carbocycles. The highest BCUT2D eigenvalue weighted by Gasteiger charge is 2.50. The first-order valence-corrected chi connectivity index (χ1v) is 15.2. The number of nitrogens with zero attached hydrogens (tertiary/aromatic N) is 2. The Morgan fingerprint density at radius 1 is 1.17 bits per heavy atom. The fourth-order valence-corrected chi connectivity index (χ4v) is 8.28. The number of ether oxygens (including phenoxy) is 3. The van der Waals surface area contributed by atoms with Crippen molar-refractivity contribution in [2.45, 2.75) is 57.9 Å². The van der Waals surface area contributed by atoms with Gasteiger partial charge in [-0.05, 0) is 50.5 Å². The second kappa shape index (κ2) is 11.6. The third-order valence-corrected chi connectivity index (χ3v) is 9.01. The fraction of sp³-hybridized carbons (Fsp3) is 0.609. The van der Waals surface area contributed by atoms with Crippen LogP contribution >= 0.6 is 27.7 Å². The largest absolute Gasteiger partial charge is 0.490 e. The van der Waals surface area contributed by atoms with Gasteiger partial charge >= 0.3 is 6.09 Å². The summed E-state index contributed by atoms with van der Waals surface area (Å²) in [7, 11) is -3.22. The van der Waals surface area contributed by atoms with Gasteiger partial charge in [0, 0.05) is 34.8 Å². The molecule has 200 valence electrons. The van der Waals surface area contributed by atoms with Gasteiger partial charge in [-0.1, -0.05) is 11.8 Å². The molecule has 2 unspecified atom stereocenters. The molecule has 0 radical (unpaired) electrons. The normalized spacial score (nSPS) is 21.8. The summed E-state index contributed by atoms with van der Waals surface area (Å²) in [6.45, 7) is 9.93. The van der Waals surface area contributed by atoms with Gasteiger partial charge < -0.3 is 24.4 Å². The molecule has 1 aromatic rings. The molecule has 10 nitrogen and oxygen atoms in total. The Morgan fingerprint density at radius 2 is 1.81 bits per heavy atom. The smallest absolute Gasteiger partial charge is 0.407 e. The number of carbonyl (C=O) groups excluding carboxylic acids is 2. The van der Waals surface area contributed by atoms with Gasteiger partial charge in [-0.25, -0.2) is 13.2 Å². The van der Waals surface area contributed by atoms with Crippen LogP contribution in [0, 0.1) is 0 Å².